The lowest BCUT2D eigenvalue weighted by molar-refractivity contribution is -0.299. The molecule has 0 saturated heterocycles. The Morgan fingerprint density at radius 1 is 0.561 bits per heavy atom. The molecular weight excluding hydrogens is 1440 g/mol. The second-order valence-corrected chi connectivity index (χ2v) is 26.2. The molecule has 4 aromatic heterocycles. The molecule has 4 heterocycles. The third-order valence-corrected chi connectivity index (χ3v) is 13.0. The lowest BCUT2D eigenvalue weighted by Gasteiger charge is -2.32. The van der Waals surface area contributed by atoms with E-state index in [0.29, 0.717) is 11.6 Å². The van der Waals surface area contributed by atoms with E-state index >= 15 is 13.2 Å². The van der Waals surface area contributed by atoms with Gasteiger partial charge in [-0.2, -0.15) is 62.5 Å². The van der Waals surface area contributed by atoms with Crippen molar-refractivity contribution in [3.05, 3.63) is 168 Å². The average molecular weight is 1540 g/mol. The summed E-state index contributed by atoms with van der Waals surface area (Å²) >= 11 is 0. The van der Waals surface area contributed by atoms with Gasteiger partial charge < -0.3 is 52.1 Å². The van der Waals surface area contributed by atoms with E-state index in [0.717, 1.165) is 6.08 Å². The van der Waals surface area contributed by atoms with Crippen molar-refractivity contribution in [2.75, 3.05) is 9.80 Å². The Bertz CT molecular complexity index is 4560. The number of anilines is 2. The number of ether oxygens (including phenoxy) is 7. The summed E-state index contributed by atoms with van der Waals surface area (Å²) < 4.78 is 314. The number of aromatic amines is 1. The summed E-state index contributed by atoms with van der Waals surface area (Å²) in [5, 5.41) is 23.2. The van der Waals surface area contributed by atoms with Gasteiger partial charge in [0, 0.05) is 20.1 Å². The van der Waals surface area contributed by atoms with Gasteiger partial charge in [0.05, 0.1) is 33.4 Å². The number of aromatic nitrogens is 6. The van der Waals surface area contributed by atoms with Gasteiger partial charge in [0.15, 0.2) is 5.69 Å². The Morgan fingerprint density at radius 3 is 1.29 bits per heavy atom. The number of allylic oxidation sites excluding steroid dienone is 2. The summed E-state index contributed by atoms with van der Waals surface area (Å²) in [5.74, 6) is -6.64. The van der Waals surface area contributed by atoms with Gasteiger partial charge in [-0.3, -0.25) is 4.79 Å². The number of rotatable bonds is 24. The molecule has 0 aliphatic carbocycles. The summed E-state index contributed by atoms with van der Waals surface area (Å²) in [6.07, 6.45) is -40.5. The van der Waals surface area contributed by atoms with Crippen LogP contribution in [0.25, 0.3) is 23.2 Å². The van der Waals surface area contributed by atoms with E-state index < -0.39 is 216 Å². The highest BCUT2D eigenvalue weighted by Crippen LogP contribution is 2.50. The highest BCUT2D eigenvalue weighted by atomic mass is 19.4. The molecular formula is C72H86F12N8O15. The standard InChI is InChI=1S/C36H42F6N4O7.C31H34F6N4O7.C5H10O/c1-10-12-19-34(36(40,41)42,49-21-23-17-14-13-15-18-23)29-45-44-28(51-29)26-25(20-24(35(37,38)39)27(43-26)50-22(3)16-11-2)46(30(47)52-32(4,5)6)31(48)53-33(7,8)9;1-8-9-15-29(31(35,36)37,45-17-18-13-11-10-12-14-18)24-40-39-23(46-24)21-20(16-19(22(42)38-21)30(32,33)34)41(25(43)47-27(2,3)4)26(44)48-28(5,6)7;1-3-4-5(2)6/h10-11,13-15,17-18,20,22H,1-2,12,16,19,21H2,3-9H3;8,10-14,16H,1,9,15,17H2,2-7H3,(H,38,42);3,5-6H,1,4H2,2H3/t22-,34-;29-;5-/m110/s1/i3D3,16D2,22D;;2D3,4D2,5D. The van der Waals surface area contributed by atoms with Crippen molar-refractivity contribution in [1.82, 2.24) is 30.4 Å². The van der Waals surface area contributed by atoms with E-state index in [1.165, 1.54) is 126 Å². The minimum absolute atomic E-state index is 0.0283. The van der Waals surface area contributed by atoms with Gasteiger partial charge in [0.1, 0.15) is 45.3 Å². The van der Waals surface area contributed by atoms with Gasteiger partial charge in [0.2, 0.25) is 17.1 Å². The molecule has 0 fully saturated rings. The minimum Gasteiger partial charge on any atom is -0.474 e. The molecule has 6 aromatic rings. The second-order valence-electron chi connectivity index (χ2n) is 26.2. The Kier molecular flexibility index (Phi) is 24.1. The minimum atomic E-state index is -5.67. The van der Waals surface area contributed by atoms with Crippen LogP contribution < -0.4 is 20.1 Å². The fraction of sp³-hybridized carbons (Fsp3) is 0.472. The first-order chi connectivity index (χ1) is 53.8. The van der Waals surface area contributed by atoms with Crippen molar-refractivity contribution < 1.29 is 135 Å². The molecule has 4 atom stereocenters. The van der Waals surface area contributed by atoms with E-state index in [4.69, 9.17) is 63.5 Å². The van der Waals surface area contributed by atoms with Gasteiger partial charge in [-0.25, -0.2) is 24.2 Å². The number of carbonyl (C=O) groups excluding carboxylic acids is 4. The number of imide groups is 2. The monoisotopic (exact) mass is 1540 g/mol. The second kappa shape index (κ2) is 36.1. The molecule has 0 radical (unpaired) electrons. The molecule has 0 aliphatic rings. The summed E-state index contributed by atoms with van der Waals surface area (Å²) in [6, 6.07) is 15.5. The van der Waals surface area contributed by atoms with E-state index in [-0.39, 0.29) is 46.4 Å². The molecule has 107 heavy (non-hydrogen) atoms. The molecule has 0 aliphatic heterocycles. The number of benzene rings is 2. The number of pyridine rings is 2. The number of aliphatic hydroxyl groups is 1. The van der Waals surface area contributed by atoms with Crippen LogP contribution in [0.4, 0.5) is 83.2 Å². The number of amides is 4. The molecule has 23 nitrogen and oxygen atoms in total. The zero-order valence-electron chi connectivity index (χ0n) is 71.6. The number of halogens is 12. The van der Waals surface area contributed by atoms with Crippen molar-refractivity contribution in [2.45, 2.75) is 219 Å². The van der Waals surface area contributed by atoms with Crippen LogP contribution in [-0.2, 0) is 65.2 Å². The maximum atomic E-state index is 15.2. The molecule has 0 saturated carbocycles. The number of H-pyrrole nitrogens is 1. The molecule has 2 aromatic carbocycles. The molecule has 0 unspecified atom stereocenters. The van der Waals surface area contributed by atoms with E-state index in [1.54, 1.807) is 24.3 Å². The first-order valence-corrected chi connectivity index (χ1v) is 31.4. The zero-order valence-corrected chi connectivity index (χ0v) is 59.6. The van der Waals surface area contributed by atoms with Crippen molar-refractivity contribution >= 4 is 35.7 Å². The zero-order chi connectivity index (χ0) is 91.7. The third kappa shape index (κ3) is 25.7. The maximum Gasteiger partial charge on any atom is 0.426 e. The summed E-state index contributed by atoms with van der Waals surface area (Å²) in [7, 11) is 0. The Labute approximate surface area is 625 Å². The highest BCUT2D eigenvalue weighted by molar-refractivity contribution is 6.12. The smallest absolute Gasteiger partial charge is 0.426 e. The topological polar surface area (TPSA) is 283 Å². The lowest BCUT2D eigenvalue weighted by atomic mass is 9.96. The summed E-state index contributed by atoms with van der Waals surface area (Å²) in [4.78, 5) is 72.2. The van der Waals surface area contributed by atoms with Gasteiger partial charge in [-0.05, 0) is 152 Å². The van der Waals surface area contributed by atoms with Crippen molar-refractivity contribution in [3.8, 4) is 29.0 Å². The number of hydrogen-bond donors (Lipinski definition) is 2. The number of nitrogens with one attached hydrogen (secondary N) is 1. The van der Waals surface area contributed by atoms with Crippen molar-refractivity contribution in [3.63, 3.8) is 0 Å². The molecule has 6 rings (SSSR count). The van der Waals surface area contributed by atoms with Crippen LogP contribution in [0.1, 0.15) is 186 Å². The predicted molar refractivity (Wildman–Crippen MR) is 366 cm³/mol. The normalized spacial score (nSPS) is 16.7. The number of alkyl halides is 12. The molecule has 2 N–H and O–H groups in total. The average Bonchev–Trinajstić information content (AvgIpc) is 1.74. The first kappa shape index (κ1) is 71.4. The highest BCUT2D eigenvalue weighted by Gasteiger charge is 2.62. The van der Waals surface area contributed by atoms with Crippen LogP contribution >= 0.6 is 0 Å². The largest absolute Gasteiger partial charge is 0.474 e. The van der Waals surface area contributed by atoms with Crippen LogP contribution in [0, 0.1) is 0 Å². The van der Waals surface area contributed by atoms with Gasteiger partial charge in [-0.15, -0.1) is 46.7 Å². The summed E-state index contributed by atoms with van der Waals surface area (Å²) in [6.45, 7) is 21.1. The van der Waals surface area contributed by atoms with Crippen LogP contribution in [0.2, 0.25) is 0 Å². The SMILES string of the molecule is C=CCC[C@@](OCc1ccccc1)(c1nnc(-c2[nH]c(=O)c(C(F)(F)F)cc2N(C(=O)OC(C)(C)C)C(=O)OC(C)(C)C)o1)C(F)(F)F.[2H]C([2H])([2H])[C@@]([2H])(Oc1nc(-c2nnc([C@@](CCC=C)(OCc3ccccc3)C(F)(F)F)o2)c(N(C(=O)OC(C)(C)C)C(=O)OC(C)(C)C)cc1C(F)(F)F)C([2H])([2H])C=C.[2H]C([2H])([2H])[C@]([2H])(O)C([2H])([2H])C=C. The molecule has 588 valence electrons. The Hall–Kier alpha value is -9.90. The number of nitrogens with zero attached hydrogens (tertiary/aromatic N) is 7. The van der Waals surface area contributed by atoms with Gasteiger partial charge >= 0.3 is 49.1 Å². The van der Waals surface area contributed by atoms with Crippen LogP contribution in [0.5, 0.6) is 5.88 Å². The predicted octanol–water partition coefficient (Wildman–Crippen LogP) is 19.1. The number of carbonyl (C=O) groups is 4. The van der Waals surface area contributed by atoms with Gasteiger partial charge in [0.25, 0.3) is 29.1 Å². The van der Waals surface area contributed by atoms with Crippen LogP contribution in [0.15, 0.2) is 137 Å². The molecule has 35 heteroatoms. The maximum absolute atomic E-state index is 15.2. The lowest BCUT2D eigenvalue weighted by Crippen LogP contribution is -2.45. The van der Waals surface area contributed by atoms with Crippen molar-refractivity contribution in [2.24, 2.45) is 0 Å². The Balaban J connectivity index is 0.000000445. The molecule has 0 spiro atoms. The van der Waals surface area contributed by atoms with Gasteiger partial charge in [-0.1, -0.05) is 85.0 Å². The van der Waals surface area contributed by atoms with Crippen LogP contribution in [-0.4, -0.2) is 107 Å². The first-order valence-electron chi connectivity index (χ1n) is 37.4. The van der Waals surface area contributed by atoms with E-state index in [1.807, 2.05) is 4.98 Å². The Morgan fingerprint density at radius 2 is 0.944 bits per heavy atom. The van der Waals surface area contributed by atoms with E-state index in [2.05, 4.69) is 51.7 Å². The number of hydrogen-bond acceptors (Lipinski definition) is 20. The van der Waals surface area contributed by atoms with Crippen LogP contribution in [0.3, 0.4) is 0 Å². The molecule has 0 bridgehead atoms. The van der Waals surface area contributed by atoms with Crippen molar-refractivity contribution in [1.29, 1.82) is 0 Å². The molecule has 4 amide bonds. The third-order valence-electron chi connectivity index (χ3n) is 13.0. The summed E-state index contributed by atoms with van der Waals surface area (Å²) in [5.41, 5.74) is -21.9. The fourth-order valence-electron chi connectivity index (χ4n) is 8.57. The quantitative estimate of drug-likeness (QED) is 0.0323. The van der Waals surface area contributed by atoms with E-state index in [9.17, 15) is 63.5 Å². The fourth-order valence-corrected chi connectivity index (χ4v) is 8.57.